The molecule has 0 aromatic heterocycles. The molecular weight excluding hydrogens is 589 g/mol. The zero-order chi connectivity index (χ0) is 21.8. The van der Waals surface area contributed by atoms with E-state index in [0.717, 1.165) is 36.5 Å². The lowest BCUT2D eigenvalue weighted by Crippen LogP contribution is -2.27. The number of hydrogen-bond acceptors (Lipinski definition) is 4. The van der Waals surface area contributed by atoms with Crippen LogP contribution in [0.25, 0.3) is 6.08 Å². The van der Waals surface area contributed by atoms with Gasteiger partial charge in [-0.25, -0.2) is 0 Å². The predicted octanol–water partition coefficient (Wildman–Crippen LogP) is 6.87. The second-order valence-corrected chi connectivity index (χ2v) is 10.0. The minimum Gasteiger partial charge on any atom is -0.488 e. The molecule has 0 aliphatic carbocycles. The molecule has 7 heteroatoms. The summed E-state index contributed by atoms with van der Waals surface area (Å²) < 4.78 is 8.11. The number of benzene rings is 3. The molecule has 0 atom stereocenters. The van der Waals surface area contributed by atoms with Crippen molar-refractivity contribution in [2.75, 3.05) is 0 Å². The first-order valence-corrected chi connectivity index (χ1v) is 12.1. The SMILES string of the molecule is O=C1S/C(=C\c2ccccc2OCc2ccc(Br)cc2)C(=O)N1Cc1ccc(I)cc1. The zero-order valence-corrected chi connectivity index (χ0v) is 20.8. The van der Waals surface area contributed by atoms with Gasteiger partial charge in [0, 0.05) is 13.6 Å². The Morgan fingerprint density at radius 1 is 0.935 bits per heavy atom. The number of carbonyl (C=O) groups is 2. The highest BCUT2D eigenvalue weighted by Crippen LogP contribution is 2.35. The fraction of sp³-hybridized carbons (Fsp3) is 0.0833. The number of rotatable bonds is 6. The second kappa shape index (κ2) is 10.0. The average molecular weight is 606 g/mol. The molecule has 1 heterocycles. The Labute approximate surface area is 206 Å². The van der Waals surface area contributed by atoms with Crippen LogP contribution in [0, 0.1) is 3.57 Å². The summed E-state index contributed by atoms with van der Waals surface area (Å²) in [5.41, 5.74) is 2.72. The van der Waals surface area contributed by atoms with Crippen molar-refractivity contribution in [1.29, 1.82) is 0 Å². The molecule has 0 N–H and O–H groups in total. The summed E-state index contributed by atoms with van der Waals surface area (Å²) in [4.78, 5) is 27.0. The van der Waals surface area contributed by atoms with E-state index in [-0.39, 0.29) is 17.7 Å². The van der Waals surface area contributed by atoms with Gasteiger partial charge in [-0.1, -0.05) is 58.4 Å². The zero-order valence-electron chi connectivity index (χ0n) is 16.3. The summed E-state index contributed by atoms with van der Waals surface area (Å²) in [7, 11) is 0. The Morgan fingerprint density at radius 2 is 1.61 bits per heavy atom. The number of imide groups is 1. The van der Waals surface area contributed by atoms with Gasteiger partial charge in [-0.05, 0) is 81.9 Å². The fourth-order valence-corrected chi connectivity index (χ4v) is 4.48. The molecule has 3 aromatic rings. The van der Waals surface area contributed by atoms with E-state index in [1.54, 1.807) is 6.08 Å². The number of ether oxygens (including phenoxy) is 1. The maximum atomic E-state index is 12.9. The molecule has 1 aliphatic rings. The van der Waals surface area contributed by atoms with Gasteiger partial charge < -0.3 is 4.74 Å². The third-order valence-corrected chi connectivity index (χ3v) is 6.80. The molecule has 0 spiro atoms. The smallest absolute Gasteiger partial charge is 0.293 e. The third kappa shape index (κ3) is 5.58. The highest BCUT2D eigenvalue weighted by Gasteiger charge is 2.35. The molecule has 0 radical (unpaired) electrons. The Hall–Kier alpha value is -2.10. The Bertz CT molecular complexity index is 1150. The van der Waals surface area contributed by atoms with Crippen LogP contribution in [-0.4, -0.2) is 16.0 Å². The molecule has 4 rings (SSSR count). The van der Waals surface area contributed by atoms with Crippen LogP contribution in [0.4, 0.5) is 4.79 Å². The molecule has 4 nitrogen and oxygen atoms in total. The maximum absolute atomic E-state index is 12.9. The lowest BCUT2D eigenvalue weighted by molar-refractivity contribution is -0.123. The lowest BCUT2D eigenvalue weighted by Gasteiger charge is -2.12. The minimum atomic E-state index is -0.281. The number of para-hydroxylation sites is 1. The topological polar surface area (TPSA) is 46.6 Å². The predicted molar refractivity (Wildman–Crippen MR) is 136 cm³/mol. The van der Waals surface area contributed by atoms with E-state index in [0.29, 0.717) is 17.3 Å². The number of thioether (sulfide) groups is 1. The Morgan fingerprint density at radius 3 is 2.35 bits per heavy atom. The van der Waals surface area contributed by atoms with Gasteiger partial charge in [0.1, 0.15) is 12.4 Å². The average Bonchev–Trinajstić information content (AvgIpc) is 3.03. The number of halogens is 2. The van der Waals surface area contributed by atoms with Gasteiger partial charge in [0.25, 0.3) is 11.1 Å². The van der Waals surface area contributed by atoms with Crippen molar-refractivity contribution in [3.8, 4) is 5.75 Å². The first kappa shape index (κ1) is 22.1. The van der Waals surface area contributed by atoms with Crippen molar-refractivity contribution in [1.82, 2.24) is 4.90 Å². The quantitative estimate of drug-likeness (QED) is 0.227. The van der Waals surface area contributed by atoms with E-state index < -0.39 is 0 Å². The minimum absolute atomic E-state index is 0.261. The van der Waals surface area contributed by atoms with Crippen molar-refractivity contribution in [3.05, 3.63) is 102 Å². The summed E-state index contributed by atoms with van der Waals surface area (Å²) in [6, 6.07) is 23.2. The Balaban J connectivity index is 1.50. The van der Waals surface area contributed by atoms with E-state index in [1.165, 1.54) is 4.90 Å². The van der Waals surface area contributed by atoms with Crippen molar-refractivity contribution < 1.29 is 14.3 Å². The van der Waals surface area contributed by atoms with Crippen molar-refractivity contribution >= 4 is 67.5 Å². The number of amides is 2. The van der Waals surface area contributed by atoms with Crippen LogP contribution in [0.15, 0.2) is 82.2 Å². The number of carbonyl (C=O) groups excluding carboxylic acids is 2. The first-order chi connectivity index (χ1) is 15.0. The van der Waals surface area contributed by atoms with E-state index in [9.17, 15) is 9.59 Å². The monoisotopic (exact) mass is 605 g/mol. The summed E-state index contributed by atoms with van der Waals surface area (Å²) >= 11 is 6.61. The molecule has 1 aliphatic heterocycles. The second-order valence-electron chi connectivity index (χ2n) is 6.85. The molecule has 0 bridgehead atoms. The van der Waals surface area contributed by atoms with Gasteiger partial charge in [-0.15, -0.1) is 0 Å². The summed E-state index contributed by atoms with van der Waals surface area (Å²) in [6.45, 7) is 0.674. The molecule has 1 saturated heterocycles. The standard InChI is InChI=1S/C24H17BrINO3S/c25-19-9-5-17(6-10-19)15-30-21-4-2-1-3-18(21)13-22-23(28)27(24(29)31-22)14-16-7-11-20(26)12-8-16/h1-13H,14-15H2/b22-13-. The van der Waals surface area contributed by atoms with Crippen molar-refractivity contribution in [3.63, 3.8) is 0 Å². The van der Waals surface area contributed by atoms with Crippen LogP contribution in [0.1, 0.15) is 16.7 Å². The molecule has 0 unspecified atom stereocenters. The molecule has 3 aromatic carbocycles. The molecule has 31 heavy (non-hydrogen) atoms. The van der Waals surface area contributed by atoms with Crippen LogP contribution < -0.4 is 4.74 Å². The van der Waals surface area contributed by atoms with Crippen LogP contribution in [0.5, 0.6) is 5.75 Å². The maximum Gasteiger partial charge on any atom is 0.293 e. The van der Waals surface area contributed by atoms with E-state index in [4.69, 9.17) is 4.74 Å². The summed E-state index contributed by atoms with van der Waals surface area (Å²) in [5.74, 6) is 0.381. The lowest BCUT2D eigenvalue weighted by atomic mass is 10.1. The first-order valence-electron chi connectivity index (χ1n) is 9.46. The molecule has 0 saturated carbocycles. The third-order valence-electron chi connectivity index (χ3n) is 4.64. The van der Waals surface area contributed by atoms with Gasteiger partial charge >= 0.3 is 0 Å². The van der Waals surface area contributed by atoms with Gasteiger partial charge in [-0.2, -0.15) is 0 Å². The highest BCUT2D eigenvalue weighted by atomic mass is 127. The van der Waals surface area contributed by atoms with Gasteiger partial charge in [0.2, 0.25) is 0 Å². The van der Waals surface area contributed by atoms with Gasteiger partial charge in [0.05, 0.1) is 11.4 Å². The molecule has 1 fully saturated rings. The summed E-state index contributed by atoms with van der Waals surface area (Å²) in [6.07, 6.45) is 1.73. The van der Waals surface area contributed by atoms with Crippen LogP contribution in [0.3, 0.4) is 0 Å². The molecule has 156 valence electrons. The van der Waals surface area contributed by atoms with Crippen LogP contribution in [0.2, 0.25) is 0 Å². The highest BCUT2D eigenvalue weighted by molar-refractivity contribution is 14.1. The van der Waals surface area contributed by atoms with Gasteiger partial charge in [0.15, 0.2) is 0 Å². The van der Waals surface area contributed by atoms with Crippen LogP contribution >= 0.6 is 50.3 Å². The van der Waals surface area contributed by atoms with E-state index >= 15 is 0 Å². The van der Waals surface area contributed by atoms with Gasteiger partial charge in [-0.3, -0.25) is 14.5 Å². The molecule has 2 amide bonds. The van der Waals surface area contributed by atoms with Crippen molar-refractivity contribution in [2.45, 2.75) is 13.2 Å². The normalized spacial score (nSPS) is 15.0. The summed E-state index contributed by atoms with van der Waals surface area (Å²) in [5, 5.41) is -0.261. The largest absolute Gasteiger partial charge is 0.488 e. The molecular formula is C24H17BrINO3S. The van der Waals surface area contributed by atoms with E-state index in [1.807, 2.05) is 72.8 Å². The van der Waals surface area contributed by atoms with Crippen LogP contribution in [-0.2, 0) is 17.9 Å². The van der Waals surface area contributed by atoms with Crippen molar-refractivity contribution in [2.24, 2.45) is 0 Å². The van der Waals surface area contributed by atoms with E-state index in [2.05, 4.69) is 38.5 Å². The fourth-order valence-electron chi connectivity index (χ4n) is 3.02. The Kier molecular flexibility index (Phi) is 7.14. The number of hydrogen-bond donors (Lipinski definition) is 0. The number of nitrogens with zero attached hydrogens (tertiary/aromatic N) is 1.